The largest absolute Gasteiger partial charge is 0.493 e. The Labute approximate surface area is 187 Å². The van der Waals surface area contributed by atoms with Crippen molar-refractivity contribution < 1.29 is 32.5 Å². The number of nitrogen functional groups attached to an aromatic ring is 1. The number of anilines is 2. The molecule has 1 fully saturated rings. The number of nitrogens with two attached hydrogens (primary N) is 1. The number of halogens is 3. The number of aromatic hydroxyl groups is 1. The predicted octanol–water partition coefficient (Wildman–Crippen LogP) is 4.29. The zero-order valence-electron chi connectivity index (χ0n) is 17.9. The second-order valence-corrected chi connectivity index (χ2v) is 7.75. The molecule has 0 bridgehead atoms. The number of methoxy groups -OCH3 is 1. The van der Waals surface area contributed by atoms with Crippen molar-refractivity contribution in [1.82, 2.24) is 9.97 Å². The van der Waals surface area contributed by atoms with E-state index in [4.69, 9.17) is 19.9 Å². The van der Waals surface area contributed by atoms with E-state index >= 15 is 0 Å². The first-order valence-corrected chi connectivity index (χ1v) is 10.2. The zero-order chi connectivity index (χ0) is 23.8. The number of nitrogens with zero attached hydrogens (tertiary/aromatic N) is 2. The Morgan fingerprint density at radius 1 is 1.18 bits per heavy atom. The summed E-state index contributed by atoms with van der Waals surface area (Å²) in [6.45, 7) is 2.71. The number of benzene rings is 2. The lowest BCUT2D eigenvalue weighted by atomic mass is 10.0. The molecule has 2 atom stereocenters. The number of ether oxygens (including phenoxy) is 3. The number of alkyl halides is 3. The van der Waals surface area contributed by atoms with Crippen LogP contribution in [0.4, 0.5) is 24.7 Å². The van der Waals surface area contributed by atoms with Gasteiger partial charge in [-0.2, -0.15) is 23.1 Å². The van der Waals surface area contributed by atoms with Crippen molar-refractivity contribution >= 4 is 22.4 Å². The van der Waals surface area contributed by atoms with Crippen LogP contribution in [0.2, 0.25) is 0 Å². The number of nitrogens with one attached hydrogen (secondary N) is 1. The van der Waals surface area contributed by atoms with Crippen LogP contribution in [0.1, 0.15) is 30.5 Å². The van der Waals surface area contributed by atoms with Gasteiger partial charge < -0.3 is 30.4 Å². The molecule has 0 spiro atoms. The molecule has 1 saturated heterocycles. The number of hydrogen-bond donors (Lipinski definition) is 3. The average molecular weight is 464 g/mol. The molecule has 1 aliphatic heterocycles. The number of rotatable bonds is 6. The third kappa shape index (κ3) is 4.98. The minimum Gasteiger partial charge on any atom is -0.493 e. The van der Waals surface area contributed by atoms with Crippen LogP contribution in [0.25, 0.3) is 10.9 Å². The molecule has 4 N–H and O–H groups in total. The highest BCUT2D eigenvalue weighted by molar-refractivity contribution is 5.92. The molecule has 0 aliphatic carbocycles. The SMILES string of the molecule is COc1cc2nc(O)nc(NC(C)c3cc(N)cc(C(F)(F)F)c3)c2cc1O[C@H]1CCOC1. The molecule has 0 amide bonds. The number of fused-ring (bicyclic) bond motifs is 1. The molecule has 4 rings (SSSR count). The summed E-state index contributed by atoms with van der Waals surface area (Å²) in [5.41, 5.74) is 5.52. The summed E-state index contributed by atoms with van der Waals surface area (Å²) in [7, 11) is 1.49. The Kier molecular flexibility index (Phi) is 6.07. The molecule has 1 aliphatic rings. The second-order valence-electron chi connectivity index (χ2n) is 7.75. The van der Waals surface area contributed by atoms with Gasteiger partial charge in [-0.1, -0.05) is 0 Å². The predicted molar refractivity (Wildman–Crippen MR) is 116 cm³/mol. The maximum absolute atomic E-state index is 13.2. The van der Waals surface area contributed by atoms with Crippen LogP contribution in [-0.2, 0) is 10.9 Å². The topological polar surface area (TPSA) is 112 Å². The van der Waals surface area contributed by atoms with Crippen molar-refractivity contribution in [2.24, 2.45) is 0 Å². The lowest BCUT2D eigenvalue weighted by Crippen LogP contribution is -2.16. The molecule has 2 heterocycles. The van der Waals surface area contributed by atoms with E-state index in [1.54, 1.807) is 19.1 Å². The van der Waals surface area contributed by atoms with E-state index in [0.717, 1.165) is 18.6 Å². The van der Waals surface area contributed by atoms with Crippen LogP contribution in [0, 0.1) is 0 Å². The van der Waals surface area contributed by atoms with Gasteiger partial charge in [-0.15, -0.1) is 0 Å². The highest BCUT2D eigenvalue weighted by Crippen LogP contribution is 2.38. The Bertz CT molecular complexity index is 1170. The fraction of sp³-hybridized carbons (Fsp3) is 0.364. The quantitative estimate of drug-likeness (QED) is 0.464. The molecular weight excluding hydrogens is 441 g/mol. The van der Waals surface area contributed by atoms with Gasteiger partial charge in [-0.3, -0.25) is 0 Å². The van der Waals surface area contributed by atoms with E-state index in [-0.39, 0.29) is 17.6 Å². The van der Waals surface area contributed by atoms with E-state index in [1.807, 2.05) is 0 Å². The van der Waals surface area contributed by atoms with Gasteiger partial charge in [0.2, 0.25) is 0 Å². The van der Waals surface area contributed by atoms with Crippen LogP contribution >= 0.6 is 0 Å². The highest BCUT2D eigenvalue weighted by Gasteiger charge is 2.31. The van der Waals surface area contributed by atoms with Crippen LogP contribution in [0.15, 0.2) is 30.3 Å². The minimum atomic E-state index is -4.53. The van der Waals surface area contributed by atoms with Crippen molar-refractivity contribution in [2.75, 3.05) is 31.4 Å². The summed E-state index contributed by atoms with van der Waals surface area (Å²) < 4.78 is 56.4. The zero-order valence-corrected chi connectivity index (χ0v) is 17.9. The lowest BCUT2D eigenvalue weighted by Gasteiger charge is -2.20. The van der Waals surface area contributed by atoms with Crippen LogP contribution in [-0.4, -0.2) is 41.5 Å². The number of aromatic nitrogens is 2. The molecule has 11 heteroatoms. The monoisotopic (exact) mass is 464 g/mol. The van der Waals surface area contributed by atoms with E-state index in [2.05, 4.69) is 15.3 Å². The first kappa shape index (κ1) is 22.7. The van der Waals surface area contributed by atoms with E-state index in [0.29, 0.717) is 41.2 Å². The first-order chi connectivity index (χ1) is 15.6. The fourth-order valence-electron chi connectivity index (χ4n) is 3.65. The summed E-state index contributed by atoms with van der Waals surface area (Å²) in [4.78, 5) is 8.08. The molecule has 1 unspecified atom stereocenters. The third-order valence-corrected chi connectivity index (χ3v) is 5.31. The lowest BCUT2D eigenvalue weighted by molar-refractivity contribution is -0.137. The molecule has 2 aromatic carbocycles. The van der Waals surface area contributed by atoms with E-state index < -0.39 is 23.8 Å². The van der Waals surface area contributed by atoms with Crippen LogP contribution < -0.4 is 20.5 Å². The summed E-state index contributed by atoms with van der Waals surface area (Å²) in [6, 6.07) is 5.50. The Morgan fingerprint density at radius 2 is 1.97 bits per heavy atom. The average Bonchev–Trinajstić information content (AvgIpc) is 3.25. The normalized spacial score (nSPS) is 17.2. The van der Waals surface area contributed by atoms with Gasteiger partial charge in [-0.05, 0) is 36.8 Å². The van der Waals surface area contributed by atoms with E-state index in [9.17, 15) is 18.3 Å². The molecule has 0 radical (unpaired) electrons. The third-order valence-electron chi connectivity index (χ3n) is 5.31. The van der Waals surface area contributed by atoms with Crippen molar-refractivity contribution in [3.63, 3.8) is 0 Å². The summed E-state index contributed by atoms with van der Waals surface area (Å²) in [5, 5.41) is 13.6. The maximum atomic E-state index is 13.2. The molecule has 3 aromatic rings. The highest BCUT2D eigenvalue weighted by atomic mass is 19.4. The minimum absolute atomic E-state index is 0.0110. The Morgan fingerprint density at radius 3 is 2.64 bits per heavy atom. The molecule has 33 heavy (non-hydrogen) atoms. The molecule has 176 valence electrons. The molecular formula is C22H23F3N4O4. The van der Waals surface area contributed by atoms with Gasteiger partial charge in [0.15, 0.2) is 11.5 Å². The Hall–Kier alpha value is -3.47. The fourth-order valence-corrected chi connectivity index (χ4v) is 3.65. The summed E-state index contributed by atoms with van der Waals surface area (Å²) in [6.07, 6.45) is -3.94. The van der Waals surface area contributed by atoms with Gasteiger partial charge in [0.1, 0.15) is 11.9 Å². The van der Waals surface area contributed by atoms with E-state index in [1.165, 1.54) is 13.2 Å². The van der Waals surface area contributed by atoms with Crippen LogP contribution in [0.5, 0.6) is 17.5 Å². The maximum Gasteiger partial charge on any atom is 0.416 e. The molecule has 8 nitrogen and oxygen atoms in total. The molecule has 0 saturated carbocycles. The van der Waals surface area contributed by atoms with Crippen molar-refractivity contribution in [2.45, 2.75) is 31.7 Å². The van der Waals surface area contributed by atoms with Gasteiger partial charge in [0, 0.05) is 23.6 Å². The Balaban J connectivity index is 1.71. The summed E-state index contributed by atoms with van der Waals surface area (Å²) >= 11 is 0. The number of hydrogen-bond acceptors (Lipinski definition) is 8. The van der Waals surface area contributed by atoms with Crippen LogP contribution in [0.3, 0.4) is 0 Å². The smallest absolute Gasteiger partial charge is 0.416 e. The van der Waals surface area contributed by atoms with Crippen molar-refractivity contribution in [3.8, 4) is 17.5 Å². The van der Waals surface area contributed by atoms with Gasteiger partial charge in [0.05, 0.1) is 37.4 Å². The van der Waals surface area contributed by atoms with Crippen molar-refractivity contribution in [3.05, 3.63) is 41.5 Å². The standard InChI is InChI=1S/C22H23F3N4O4/c1-11(12-5-13(22(23,24)25)7-14(26)6-12)27-20-16-8-19(33-15-3-4-32-10-15)18(31-2)9-17(16)28-21(30)29-20/h5-9,11,15H,3-4,10,26H2,1-2H3,(H2,27,28,29,30)/t11?,15-/m0/s1. The van der Waals surface area contributed by atoms with Gasteiger partial charge in [0.25, 0.3) is 0 Å². The van der Waals surface area contributed by atoms with Gasteiger partial charge in [-0.25, -0.2) is 0 Å². The van der Waals surface area contributed by atoms with Crippen molar-refractivity contribution in [1.29, 1.82) is 0 Å². The van der Waals surface area contributed by atoms with Gasteiger partial charge >= 0.3 is 12.2 Å². The first-order valence-electron chi connectivity index (χ1n) is 10.2. The second kappa shape index (κ2) is 8.81. The molecule has 1 aromatic heterocycles. The summed E-state index contributed by atoms with van der Waals surface area (Å²) in [5.74, 6) is 1.07.